The molecule has 6 nitrogen and oxygen atoms in total. The summed E-state index contributed by atoms with van der Waals surface area (Å²) >= 11 is 0. The number of hydrogen-bond acceptors (Lipinski definition) is 3. The summed E-state index contributed by atoms with van der Waals surface area (Å²) in [5, 5.41) is 8.71. The number of carbonyl (C=O) groups excluding carboxylic acids is 1. The lowest BCUT2D eigenvalue weighted by Gasteiger charge is -2.08. The highest BCUT2D eigenvalue weighted by Gasteiger charge is 2.10. The van der Waals surface area contributed by atoms with Crippen LogP contribution < -0.4 is 11.0 Å². The molecule has 0 aliphatic rings. The van der Waals surface area contributed by atoms with E-state index < -0.39 is 5.69 Å². The van der Waals surface area contributed by atoms with Gasteiger partial charge in [0.15, 0.2) is 5.82 Å². The maximum Gasteiger partial charge on any atom is 0.340 e. The molecule has 1 amide bonds. The van der Waals surface area contributed by atoms with E-state index in [4.69, 9.17) is 0 Å². The first-order valence-corrected chi connectivity index (χ1v) is 5.83. The number of nitrogens with zero attached hydrogens (tertiary/aromatic N) is 1. The van der Waals surface area contributed by atoms with E-state index in [1.165, 1.54) is 6.08 Å². The number of aromatic amines is 2. The van der Waals surface area contributed by atoms with Crippen LogP contribution in [0.1, 0.15) is 24.4 Å². The summed E-state index contributed by atoms with van der Waals surface area (Å²) in [6.45, 7) is 1.74. The largest absolute Gasteiger partial charge is 0.343 e. The van der Waals surface area contributed by atoms with E-state index in [1.807, 2.05) is 30.3 Å². The van der Waals surface area contributed by atoms with Crippen molar-refractivity contribution >= 4 is 12.0 Å². The van der Waals surface area contributed by atoms with Gasteiger partial charge in [-0.1, -0.05) is 30.3 Å². The van der Waals surface area contributed by atoms with Crippen LogP contribution in [0.15, 0.2) is 41.2 Å². The smallest absolute Gasteiger partial charge is 0.340 e. The fraction of sp³-hybridized carbons (Fsp3) is 0.154. The molecule has 98 valence electrons. The summed E-state index contributed by atoms with van der Waals surface area (Å²) in [6, 6.07) is 9.14. The van der Waals surface area contributed by atoms with E-state index in [1.54, 1.807) is 13.0 Å². The second kappa shape index (κ2) is 5.81. The third kappa shape index (κ3) is 3.67. The highest BCUT2D eigenvalue weighted by Crippen LogP contribution is 2.04. The lowest BCUT2D eigenvalue weighted by Crippen LogP contribution is -2.25. The van der Waals surface area contributed by atoms with E-state index in [-0.39, 0.29) is 11.9 Å². The predicted molar refractivity (Wildman–Crippen MR) is 71.2 cm³/mol. The number of rotatable bonds is 4. The van der Waals surface area contributed by atoms with Crippen LogP contribution >= 0.6 is 0 Å². The van der Waals surface area contributed by atoms with E-state index in [2.05, 4.69) is 20.5 Å². The third-order valence-electron chi connectivity index (χ3n) is 2.52. The van der Waals surface area contributed by atoms with Gasteiger partial charge in [0.25, 0.3) is 0 Å². The maximum atomic E-state index is 11.7. The monoisotopic (exact) mass is 258 g/mol. The van der Waals surface area contributed by atoms with Crippen LogP contribution in [0.3, 0.4) is 0 Å². The van der Waals surface area contributed by atoms with Crippen molar-refractivity contribution in [3.8, 4) is 0 Å². The zero-order chi connectivity index (χ0) is 13.7. The van der Waals surface area contributed by atoms with E-state index in [9.17, 15) is 9.59 Å². The van der Waals surface area contributed by atoms with Crippen LogP contribution in [0.5, 0.6) is 0 Å². The maximum absolute atomic E-state index is 11.7. The Labute approximate surface area is 109 Å². The Bertz CT molecular complexity index is 627. The van der Waals surface area contributed by atoms with Gasteiger partial charge >= 0.3 is 5.69 Å². The molecule has 0 saturated heterocycles. The van der Waals surface area contributed by atoms with Gasteiger partial charge in [-0.05, 0) is 18.6 Å². The molecule has 0 radical (unpaired) electrons. The van der Waals surface area contributed by atoms with Crippen LogP contribution in [0, 0.1) is 0 Å². The first kappa shape index (κ1) is 12.8. The molecule has 1 aromatic carbocycles. The number of H-pyrrole nitrogens is 2. The molecule has 0 aliphatic carbocycles. The van der Waals surface area contributed by atoms with Crippen LogP contribution in [-0.4, -0.2) is 21.1 Å². The van der Waals surface area contributed by atoms with Gasteiger partial charge in [-0.15, -0.1) is 0 Å². The fourth-order valence-corrected chi connectivity index (χ4v) is 1.55. The van der Waals surface area contributed by atoms with Crippen molar-refractivity contribution < 1.29 is 4.79 Å². The lowest BCUT2D eigenvalue weighted by molar-refractivity contribution is -0.117. The standard InChI is InChI=1S/C13H14N4O2/c1-9(12-15-13(19)17-16-12)14-11(18)8-7-10-5-3-2-4-6-10/h2-9H,1H3,(H,14,18)(H2,15,16,17,19)/b8-7+/t9-/m1/s1. The summed E-state index contributed by atoms with van der Waals surface area (Å²) < 4.78 is 0. The average molecular weight is 258 g/mol. The summed E-state index contributed by atoms with van der Waals surface area (Å²) in [7, 11) is 0. The Balaban J connectivity index is 1.94. The minimum Gasteiger partial charge on any atom is -0.343 e. The van der Waals surface area contributed by atoms with Gasteiger partial charge in [-0.25, -0.2) is 9.89 Å². The minimum atomic E-state index is -0.393. The van der Waals surface area contributed by atoms with Crippen molar-refractivity contribution in [2.45, 2.75) is 13.0 Å². The topological polar surface area (TPSA) is 90.6 Å². The zero-order valence-electron chi connectivity index (χ0n) is 10.4. The highest BCUT2D eigenvalue weighted by atomic mass is 16.2. The molecule has 3 N–H and O–H groups in total. The van der Waals surface area contributed by atoms with E-state index in [0.717, 1.165) is 5.56 Å². The van der Waals surface area contributed by atoms with E-state index >= 15 is 0 Å². The molecule has 1 aromatic heterocycles. The van der Waals surface area contributed by atoms with Gasteiger partial charge in [0.05, 0.1) is 6.04 Å². The molecule has 0 unspecified atom stereocenters. The summed E-state index contributed by atoms with van der Waals surface area (Å²) in [4.78, 5) is 25.1. The van der Waals surface area contributed by atoms with Crippen LogP contribution in [0.25, 0.3) is 6.08 Å². The molecule has 6 heteroatoms. The number of aromatic nitrogens is 3. The number of carbonyl (C=O) groups is 1. The molecule has 0 fully saturated rings. The molecule has 1 heterocycles. The third-order valence-corrected chi connectivity index (χ3v) is 2.52. The predicted octanol–water partition coefficient (Wildman–Crippen LogP) is 0.989. The van der Waals surface area contributed by atoms with Crippen molar-refractivity contribution in [1.29, 1.82) is 0 Å². The molecule has 19 heavy (non-hydrogen) atoms. The first-order chi connectivity index (χ1) is 9.15. The zero-order valence-corrected chi connectivity index (χ0v) is 10.4. The molecular formula is C13H14N4O2. The van der Waals surface area contributed by atoms with Gasteiger partial charge in [-0.2, -0.15) is 5.10 Å². The number of nitrogens with one attached hydrogen (secondary N) is 3. The van der Waals surface area contributed by atoms with E-state index in [0.29, 0.717) is 5.82 Å². The molecular weight excluding hydrogens is 244 g/mol. The Morgan fingerprint density at radius 2 is 2.11 bits per heavy atom. The molecule has 0 saturated carbocycles. The fourth-order valence-electron chi connectivity index (χ4n) is 1.55. The first-order valence-electron chi connectivity index (χ1n) is 5.83. The summed E-state index contributed by atoms with van der Waals surface area (Å²) in [5.74, 6) is 0.145. The number of amides is 1. The highest BCUT2D eigenvalue weighted by molar-refractivity contribution is 5.91. The Morgan fingerprint density at radius 1 is 1.37 bits per heavy atom. The van der Waals surface area contributed by atoms with Crippen LogP contribution in [-0.2, 0) is 4.79 Å². The molecule has 0 bridgehead atoms. The summed E-state index contributed by atoms with van der Waals surface area (Å²) in [5.41, 5.74) is 0.550. The van der Waals surface area contributed by atoms with Crippen molar-refractivity contribution in [2.75, 3.05) is 0 Å². The number of hydrogen-bond donors (Lipinski definition) is 3. The van der Waals surface area contributed by atoms with Crippen molar-refractivity contribution in [3.63, 3.8) is 0 Å². The summed E-state index contributed by atoms with van der Waals surface area (Å²) in [6.07, 6.45) is 3.16. The van der Waals surface area contributed by atoms with Crippen LogP contribution in [0.4, 0.5) is 0 Å². The Hall–Kier alpha value is -2.63. The van der Waals surface area contributed by atoms with Gasteiger partial charge in [-0.3, -0.25) is 9.78 Å². The van der Waals surface area contributed by atoms with Crippen molar-refractivity contribution in [1.82, 2.24) is 20.5 Å². The quantitative estimate of drug-likeness (QED) is 0.714. The van der Waals surface area contributed by atoms with Gasteiger partial charge in [0.1, 0.15) is 0 Å². The van der Waals surface area contributed by atoms with Crippen LogP contribution in [0.2, 0.25) is 0 Å². The molecule has 2 aromatic rings. The van der Waals surface area contributed by atoms with Crippen molar-refractivity contribution in [2.24, 2.45) is 0 Å². The molecule has 1 atom stereocenters. The Morgan fingerprint density at radius 3 is 2.74 bits per heavy atom. The van der Waals surface area contributed by atoms with Crippen molar-refractivity contribution in [3.05, 3.63) is 58.3 Å². The second-order valence-corrected chi connectivity index (χ2v) is 4.04. The lowest BCUT2D eigenvalue weighted by atomic mass is 10.2. The van der Waals surface area contributed by atoms with Gasteiger partial charge in [0, 0.05) is 6.08 Å². The molecule has 0 aliphatic heterocycles. The van der Waals surface area contributed by atoms with Gasteiger partial charge < -0.3 is 5.32 Å². The molecule has 0 spiro atoms. The van der Waals surface area contributed by atoms with Gasteiger partial charge in [0.2, 0.25) is 5.91 Å². The number of benzene rings is 1. The second-order valence-electron chi connectivity index (χ2n) is 4.04. The minimum absolute atomic E-state index is 0.250. The normalized spacial score (nSPS) is 12.5. The molecule has 2 rings (SSSR count). The SMILES string of the molecule is C[C@@H](NC(=O)/C=C/c1ccccc1)c1n[nH]c(=O)[nH]1. The Kier molecular flexibility index (Phi) is 3.92. The average Bonchev–Trinajstić information content (AvgIpc) is 2.84.